The molecule has 1 unspecified atom stereocenters. The molecule has 8 heteroatoms. The van der Waals surface area contributed by atoms with Gasteiger partial charge in [0.1, 0.15) is 0 Å². The van der Waals surface area contributed by atoms with Crippen LogP contribution in [0.15, 0.2) is 0 Å². The molecule has 350 valence electrons. The average Bonchev–Trinajstić information content (AvgIpc) is 3.07. The van der Waals surface area contributed by atoms with Crippen LogP contribution in [0.3, 0.4) is 0 Å². The van der Waals surface area contributed by atoms with Crippen LogP contribution in [0.5, 0.6) is 0 Å². The van der Waals surface area contributed by atoms with Crippen LogP contribution in [0.4, 0.5) is 0 Å². The van der Waals surface area contributed by atoms with Gasteiger partial charge in [-0.25, -0.2) is 0 Å². The van der Waals surface area contributed by atoms with E-state index in [0.717, 1.165) is 30.5 Å². The van der Waals surface area contributed by atoms with Gasteiger partial charge in [-0.3, -0.25) is 0 Å². The maximum absolute atomic E-state index is 11.3. The van der Waals surface area contributed by atoms with Crippen LogP contribution in [0.1, 0.15) is 257 Å². The summed E-state index contributed by atoms with van der Waals surface area (Å²) in [5, 5.41) is 34.0. The molecule has 0 heterocycles. The first-order valence-electron chi connectivity index (χ1n) is 24.8. The van der Waals surface area contributed by atoms with E-state index in [1.54, 1.807) is 41.5 Å². The highest BCUT2D eigenvalue weighted by atomic mass is 28.4. The molecule has 0 spiro atoms. The summed E-state index contributed by atoms with van der Waals surface area (Å²) in [6.07, 6.45) is 33.4. The Morgan fingerprint density at radius 2 is 0.552 bits per heavy atom. The third-order valence-electron chi connectivity index (χ3n) is 13.9. The number of hydrogen-bond acceptors (Lipinski definition) is 6. The first kappa shape index (κ1) is 57.9. The van der Waals surface area contributed by atoms with Crippen LogP contribution < -0.4 is 0 Å². The molecule has 0 aliphatic rings. The Bertz CT molecular complexity index is 942. The summed E-state index contributed by atoms with van der Waals surface area (Å²) in [6, 6.07) is 0.510. The highest BCUT2D eigenvalue weighted by molar-refractivity contribution is 6.61. The van der Waals surface area contributed by atoms with Gasteiger partial charge in [-0.15, -0.1) is 0 Å². The first-order chi connectivity index (χ1) is 26.7. The number of nitrogens with zero attached hydrogens (tertiary/aromatic N) is 1. The van der Waals surface area contributed by atoms with Gasteiger partial charge in [0.15, 0.2) is 0 Å². The van der Waals surface area contributed by atoms with E-state index >= 15 is 0 Å². The van der Waals surface area contributed by atoms with Gasteiger partial charge in [0.05, 0.1) is 60.3 Å². The van der Waals surface area contributed by atoms with E-state index in [4.69, 9.17) is 13.3 Å². The Kier molecular flexibility index (Phi) is 27.8. The molecule has 0 saturated carbocycles. The number of aliphatic hydroxyl groups is 3. The van der Waals surface area contributed by atoms with Crippen LogP contribution in [0, 0.1) is 0 Å². The Balaban J connectivity index is 5.80. The van der Waals surface area contributed by atoms with E-state index in [1.807, 2.05) is 41.5 Å². The summed E-state index contributed by atoms with van der Waals surface area (Å²) < 4.78 is 22.1. The van der Waals surface area contributed by atoms with Crippen molar-refractivity contribution < 1.29 is 33.1 Å². The second-order valence-corrected chi connectivity index (χ2v) is 24.3. The molecule has 0 saturated heterocycles. The van der Waals surface area contributed by atoms with E-state index in [9.17, 15) is 15.3 Å². The van der Waals surface area contributed by atoms with Gasteiger partial charge in [-0.05, 0) is 109 Å². The minimum atomic E-state index is -3.76. The summed E-state index contributed by atoms with van der Waals surface area (Å²) >= 11 is 0. The number of hydrogen-bond donors (Lipinski definition) is 3. The van der Waals surface area contributed by atoms with Crippen LogP contribution in [0.2, 0.25) is 6.04 Å². The van der Waals surface area contributed by atoms with E-state index in [1.165, 1.54) is 154 Å². The quantitative estimate of drug-likeness (QED) is 0.0324. The Labute approximate surface area is 364 Å². The van der Waals surface area contributed by atoms with Crippen molar-refractivity contribution >= 4 is 8.80 Å². The molecule has 7 nitrogen and oxygen atoms in total. The van der Waals surface area contributed by atoms with Crippen LogP contribution in [0.25, 0.3) is 0 Å². The minimum Gasteiger partial charge on any atom is -0.388 e. The standard InChI is InChI=1S/C50H106NO6Si/c1-16-18-20-22-24-26-27-28-29-30-31-32-33-35-37-39-42-51(15,41-38-36-34-25-23-21-19-17-2)43-40-44-58(55-48(9,10)45(3,4)52,56-49(11,12)46(5,6)53)57-50(13,14)47(7,8)54/h52-54H,16-44H2,1-15H3/q+1. The van der Waals surface area contributed by atoms with E-state index < -0.39 is 42.4 Å². The molecule has 0 aliphatic heterocycles. The second kappa shape index (κ2) is 27.9. The molecule has 0 amide bonds. The Hall–Kier alpha value is -0.0631. The molecule has 3 N–H and O–H groups in total. The van der Waals surface area contributed by atoms with E-state index in [0.29, 0.717) is 6.04 Å². The molecule has 0 aromatic carbocycles. The van der Waals surface area contributed by atoms with Crippen LogP contribution in [-0.2, 0) is 13.3 Å². The zero-order valence-electron chi connectivity index (χ0n) is 42.0. The average molecular weight is 845 g/mol. The molecular formula is C50H106NO6Si+. The third-order valence-corrected chi connectivity index (χ3v) is 17.4. The summed E-state index contributed by atoms with van der Waals surface area (Å²) in [5.74, 6) is 0. The van der Waals surface area contributed by atoms with E-state index in [2.05, 4.69) is 20.9 Å². The largest absolute Gasteiger partial charge is 0.502 e. The fourth-order valence-corrected chi connectivity index (χ4v) is 11.5. The lowest BCUT2D eigenvalue weighted by Gasteiger charge is -2.52. The summed E-state index contributed by atoms with van der Waals surface area (Å²) in [5.41, 5.74) is -6.72. The van der Waals surface area contributed by atoms with Crippen LogP contribution in [-0.4, -0.2) is 88.9 Å². The van der Waals surface area contributed by atoms with Crippen molar-refractivity contribution in [3.05, 3.63) is 0 Å². The maximum atomic E-state index is 11.3. The second-order valence-electron chi connectivity index (χ2n) is 21.9. The van der Waals surface area contributed by atoms with Gasteiger partial charge < -0.3 is 33.1 Å². The van der Waals surface area contributed by atoms with Crippen molar-refractivity contribution in [1.82, 2.24) is 0 Å². The maximum Gasteiger partial charge on any atom is 0.502 e. The number of quaternary nitrogens is 1. The lowest BCUT2D eigenvalue weighted by Crippen LogP contribution is -2.67. The molecular weight excluding hydrogens is 739 g/mol. The molecule has 0 rings (SSSR count). The zero-order valence-corrected chi connectivity index (χ0v) is 43.0. The number of rotatable bonds is 39. The minimum absolute atomic E-state index is 0.510. The Morgan fingerprint density at radius 3 is 0.776 bits per heavy atom. The van der Waals surface area contributed by atoms with E-state index in [-0.39, 0.29) is 0 Å². The molecule has 0 aromatic rings. The molecule has 58 heavy (non-hydrogen) atoms. The highest BCUT2D eigenvalue weighted by Crippen LogP contribution is 2.41. The monoisotopic (exact) mass is 845 g/mol. The predicted octanol–water partition coefficient (Wildman–Crippen LogP) is 13.9. The molecule has 0 aliphatic carbocycles. The normalized spacial score (nSPS) is 15.0. The summed E-state index contributed by atoms with van der Waals surface area (Å²) in [4.78, 5) is 0. The Morgan fingerprint density at radius 1 is 0.345 bits per heavy atom. The van der Waals surface area contributed by atoms with Gasteiger partial charge in [0, 0.05) is 12.5 Å². The molecule has 0 aromatic heterocycles. The first-order valence-corrected chi connectivity index (χ1v) is 26.7. The van der Waals surface area contributed by atoms with Gasteiger partial charge >= 0.3 is 8.80 Å². The smallest absolute Gasteiger partial charge is 0.388 e. The third kappa shape index (κ3) is 24.5. The van der Waals surface area contributed by atoms with Crippen molar-refractivity contribution in [1.29, 1.82) is 0 Å². The number of unbranched alkanes of at least 4 members (excludes halogenated alkanes) is 22. The van der Waals surface area contributed by atoms with Crippen molar-refractivity contribution in [2.45, 2.75) is 297 Å². The summed E-state index contributed by atoms with van der Waals surface area (Å²) in [7, 11) is -1.31. The van der Waals surface area contributed by atoms with Gasteiger partial charge in [-0.1, -0.05) is 142 Å². The van der Waals surface area contributed by atoms with Crippen molar-refractivity contribution in [2.24, 2.45) is 0 Å². The van der Waals surface area contributed by atoms with Crippen molar-refractivity contribution in [3.63, 3.8) is 0 Å². The van der Waals surface area contributed by atoms with Crippen molar-refractivity contribution in [2.75, 3.05) is 26.7 Å². The fraction of sp³-hybridized carbons (Fsp3) is 1.00. The van der Waals surface area contributed by atoms with Crippen molar-refractivity contribution in [3.8, 4) is 0 Å². The lowest BCUT2D eigenvalue weighted by atomic mass is 9.90. The predicted molar refractivity (Wildman–Crippen MR) is 253 cm³/mol. The SMILES string of the molecule is CCCCCCCCCCCCCCCCCC[N+](C)(CCCCCCCCCC)CCC[Si](OC(C)(C)C(C)(C)O)(OC(C)(C)C(C)(C)O)OC(C)(C)C(C)(C)O. The lowest BCUT2D eigenvalue weighted by molar-refractivity contribution is -0.910. The molecule has 0 bridgehead atoms. The van der Waals surface area contributed by atoms with Gasteiger partial charge in [0.2, 0.25) is 0 Å². The molecule has 0 fully saturated rings. The fourth-order valence-electron chi connectivity index (χ4n) is 7.44. The van der Waals surface area contributed by atoms with Gasteiger partial charge in [0.25, 0.3) is 0 Å². The highest BCUT2D eigenvalue weighted by Gasteiger charge is 2.58. The topological polar surface area (TPSA) is 88.4 Å². The molecule has 0 radical (unpaired) electrons. The van der Waals surface area contributed by atoms with Crippen LogP contribution >= 0.6 is 0 Å². The zero-order chi connectivity index (χ0) is 44.6. The van der Waals surface area contributed by atoms with Gasteiger partial charge in [-0.2, -0.15) is 0 Å². The molecule has 1 atom stereocenters. The summed E-state index contributed by atoms with van der Waals surface area (Å²) in [6.45, 7) is 29.7.